The van der Waals surface area contributed by atoms with E-state index in [9.17, 15) is 4.79 Å². The van der Waals surface area contributed by atoms with Gasteiger partial charge in [0.15, 0.2) is 11.5 Å². The minimum absolute atomic E-state index is 0.0139. The molecule has 0 fully saturated rings. The lowest BCUT2D eigenvalue weighted by Gasteiger charge is -2.16. The number of hydrogen-bond donors (Lipinski definition) is 0. The van der Waals surface area contributed by atoms with Crippen molar-refractivity contribution in [3.05, 3.63) is 94.8 Å². The lowest BCUT2D eigenvalue weighted by molar-refractivity contribution is 0.284. The van der Waals surface area contributed by atoms with Crippen LogP contribution in [0.1, 0.15) is 43.1 Å². The summed E-state index contributed by atoms with van der Waals surface area (Å²) in [7, 11) is 1.53. The molecule has 1 aromatic heterocycles. The first kappa shape index (κ1) is 27.6. The maximum atomic E-state index is 13.4. The van der Waals surface area contributed by atoms with Gasteiger partial charge in [-0.3, -0.25) is 4.79 Å². The third-order valence-electron chi connectivity index (χ3n) is 5.90. The van der Waals surface area contributed by atoms with Gasteiger partial charge in [-0.15, -0.1) is 0 Å². The third-order valence-corrected chi connectivity index (χ3v) is 8.21. The van der Waals surface area contributed by atoms with Gasteiger partial charge in [0.2, 0.25) is 0 Å². The number of fused-ring (bicyclic) bond motifs is 1. The van der Waals surface area contributed by atoms with E-state index in [0.29, 0.717) is 48.3 Å². The summed E-state index contributed by atoms with van der Waals surface area (Å²) >= 11 is 19.9. The molecular weight excluding hydrogens is 645 g/mol. The van der Waals surface area contributed by atoms with Crippen LogP contribution in [0, 0.1) is 0 Å². The summed E-state index contributed by atoms with van der Waals surface area (Å²) in [6, 6.07) is 14.6. The monoisotopic (exact) mass is 665 g/mol. The van der Waals surface area contributed by atoms with E-state index in [2.05, 4.69) is 37.0 Å². The molecule has 0 N–H and O–H groups in total. The highest BCUT2D eigenvalue weighted by Gasteiger charge is 2.19. The van der Waals surface area contributed by atoms with Gasteiger partial charge in [-0.2, -0.15) is 9.78 Å². The molecule has 10 heteroatoms. The maximum absolute atomic E-state index is 13.4. The van der Waals surface area contributed by atoms with Crippen molar-refractivity contribution in [1.29, 1.82) is 0 Å². The molecule has 0 amide bonds. The molecule has 192 valence electrons. The number of rotatable bonds is 8. The van der Waals surface area contributed by atoms with E-state index < -0.39 is 0 Å². The largest absolute Gasteiger partial charge is 0.493 e. The van der Waals surface area contributed by atoms with Crippen LogP contribution in [-0.4, -0.2) is 23.0 Å². The Morgan fingerprint density at radius 2 is 1.92 bits per heavy atom. The van der Waals surface area contributed by atoms with Crippen LogP contribution >= 0.6 is 55.1 Å². The fourth-order valence-electron chi connectivity index (χ4n) is 3.65. The summed E-state index contributed by atoms with van der Waals surface area (Å²) in [6.07, 6.45) is 2.35. The van der Waals surface area contributed by atoms with E-state index in [1.807, 2.05) is 44.2 Å². The minimum atomic E-state index is -0.258. The van der Waals surface area contributed by atoms with Crippen molar-refractivity contribution in [3.63, 3.8) is 0 Å². The quantitative estimate of drug-likeness (QED) is 0.178. The zero-order valence-corrected chi connectivity index (χ0v) is 24.9. The van der Waals surface area contributed by atoms with Crippen molar-refractivity contribution in [2.45, 2.75) is 32.8 Å². The van der Waals surface area contributed by atoms with Gasteiger partial charge in [-0.1, -0.05) is 71.2 Å². The van der Waals surface area contributed by atoms with E-state index in [4.69, 9.17) is 37.7 Å². The van der Waals surface area contributed by atoms with Gasteiger partial charge < -0.3 is 9.47 Å². The Morgan fingerprint density at radius 1 is 1.16 bits per heavy atom. The summed E-state index contributed by atoms with van der Waals surface area (Å²) in [5.74, 6) is 1.37. The number of nitrogens with zero attached hydrogens (tertiary/aromatic N) is 3. The summed E-state index contributed by atoms with van der Waals surface area (Å²) in [5, 5.41) is 5.91. The SMILES string of the molecule is CC[C@@H](C)c1nc2ccc(Br)cc2c(=O)n1N=Cc1cc(OC)c(OCc2ccccc2Cl)c(Cl)c1Br. The van der Waals surface area contributed by atoms with Crippen LogP contribution in [0.3, 0.4) is 0 Å². The van der Waals surface area contributed by atoms with E-state index >= 15 is 0 Å². The highest BCUT2D eigenvalue weighted by Crippen LogP contribution is 2.42. The molecule has 4 aromatic rings. The molecule has 4 rings (SSSR count). The first-order chi connectivity index (χ1) is 17.7. The summed E-state index contributed by atoms with van der Waals surface area (Å²) in [4.78, 5) is 18.2. The number of hydrogen-bond acceptors (Lipinski definition) is 5. The van der Waals surface area contributed by atoms with Crippen molar-refractivity contribution >= 4 is 72.2 Å². The molecule has 0 saturated heterocycles. The van der Waals surface area contributed by atoms with Gasteiger partial charge in [0.25, 0.3) is 5.56 Å². The summed E-state index contributed by atoms with van der Waals surface area (Å²) in [6.45, 7) is 4.26. The van der Waals surface area contributed by atoms with E-state index in [1.54, 1.807) is 24.4 Å². The van der Waals surface area contributed by atoms with Crippen molar-refractivity contribution < 1.29 is 9.47 Å². The highest BCUT2D eigenvalue weighted by molar-refractivity contribution is 9.10. The average Bonchev–Trinajstić information content (AvgIpc) is 2.90. The van der Waals surface area contributed by atoms with Gasteiger partial charge in [0.05, 0.1) is 24.2 Å². The van der Waals surface area contributed by atoms with Crippen LogP contribution in [0.2, 0.25) is 10.0 Å². The zero-order chi connectivity index (χ0) is 26.7. The first-order valence-corrected chi connectivity index (χ1v) is 13.8. The lowest BCUT2D eigenvalue weighted by Crippen LogP contribution is -2.23. The second-order valence-electron chi connectivity index (χ2n) is 8.31. The second kappa shape index (κ2) is 12.0. The van der Waals surface area contributed by atoms with Crippen LogP contribution in [0.25, 0.3) is 10.9 Å². The Labute approximate surface area is 241 Å². The van der Waals surface area contributed by atoms with Crippen LogP contribution in [-0.2, 0) is 6.61 Å². The molecule has 1 heterocycles. The van der Waals surface area contributed by atoms with Crippen LogP contribution in [0.15, 0.2) is 67.4 Å². The molecule has 0 bridgehead atoms. The molecule has 1 atom stereocenters. The molecule has 0 aliphatic heterocycles. The number of ether oxygens (including phenoxy) is 2. The Balaban J connectivity index is 1.76. The molecule has 0 unspecified atom stereocenters. The fourth-order valence-corrected chi connectivity index (χ4v) is 4.85. The molecule has 37 heavy (non-hydrogen) atoms. The third kappa shape index (κ3) is 5.87. The van der Waals surface area contributed by atoms with Crippen LogP contribution in [0.5, 0.6) is 11.5 Å². The lowest BCUT2D eigenvalue weighted by atomic mass is 10.1. The highest BCUT2D eigenvalue weighted by atomic mass is 79.9. The molecule has 0 spiro atoms. The van der Waals surface area contributed by atoms with Gasteiger partial charge in [0, 0.05) is 31.0 Å². The number of aromatic nitrogens is 2. The maximum Gasteiger partial charge on any atom is 0.282 e. The van der Waals surface area contributed by atoms with Crippen molar-refractivity contribution in [3.8, 4) is 11.5 Å². The molecule has 0 saturated carbocycles. The molecule has 0 aliphatic carbocycles. The number of methoxy groups -OCH3 is 1. The van der Waals surface area contributed by atoms with Gasteiger partial charge in [0.1, 0.15) is 17.5 Å². The zero-order valence-electron chi connectivity index (χ0n) is 20.3. The smallest absolute Gasteiger partial charge is 0.282 e. The van der Waals surface area contributed by atoms with Crippen molar-refractivity contribution in [2.75, 3.05) is 7.11 Å². The Morgan fingerprint density at radius 3 is 2.62 bits per heavy atom. The molecule has 0 aliphatic rings. The normalized spacial score (nSPS) is 12.3. The Bertz CT molecular complexity index is 1560. The summed E-state index contributed by atoms with van der Waals surface area (Å²) in [5.41, 5.74) is 1.78. The predicted molar refractivity (Wildman–Crippen MR) is 157 cm³/mol. The predicted octanol–water partition coefficient (Wildman–Crippen LogP) is 8.21. The first-order valence-electron chi connectivity index (χ1n) is 11.4. The summed E-state index contributed by atoms with van der Waals surface area (Å²) < 4.78 is 14.2. The minimum Gasteiger partial charge on any atom is -0.493 e. The topological polar surface area (TPSA) is 65.7 Å². The standard InChI is InChI=1S/C27H23Br2Cl2N3O3/c1-4-15(2)26-33-21-10-9-18(28)12-19(21)27(35)34(26)32-13-17-11-22(36-3)25(24(31)23(17)29)37-14-16-7-5-6-8-20(16)30/h5-13,15H,4,14H2,1-3H3/t15-/m1/s1. The average molecular weight is 668 g/mol. The van der Waals surface area contributed by atoms with E-state index in [0.717, 1.165) is 16.5 Å². The van der Waals surface area contributed by atoms with Crippen LogP contribution < -0.4 is 15.0 Å². The van der Waals surface area contributed by atoms with E-state index in [-0.39, 0.29) is 18.1 Å². The fraction of sp³-hybridized carbons (Fsp3) is 0.222. The van der Waals surface area contributed by atoms with Crippen molar-refractivity contribution in [1.82, 2.24) is 9.66 Å². The number of benzene rings is 3. The van der Waals surface area contributed by atoms with Crippen molar-refractivity contribution in [2.24, 2.45) is 5.10 Å². The molecule has 3 aromatic carbocycles. The number of halogens is 4. The van der Waals surface area contributed by atoms with Gasteiger partial charge >= 0.3 is 0 Å². The van der Waals surface area contributed by atoms with E-state index in [1.165, 1.54) is 11.8 Å². The van der Waals surface area contributed by atoms with Gasteiger partial charge in [-0.25, -0.2) is 4.98 Å². The molecule has 0 radical (unpaired) electrons. The molecule has 6 nitrogen and oxygen atoms in total. The van der Waals surface area contributed by atoms with Crippen LogP contribution in [0.4, 0.5) is 0 Å². The Kier molecular flexibility index (Phi) is 8.95. The molecular formula is C27H23Br2Cl2N3O3. The van der Waals surface area contributed by atoms with Gasteiger partial charge in [-0.05, 0) is 52.7 Å². The Hall–Kier alpha value is -2.39. The second-order valence-corrected chi connectivity index (χ2v) is 10.8.